The summed E-state index contributed by atoms with van der Waals surface area (Å²) in [6.45, 7) is 3.73. The number of carboxylic acids is 1. The second-order valence-corrected chi connectivity index (χ2v) is 6.41. The van der Waals surface area contributed by atoms with E-state index >= 15 is 0 Å². The van der Waals surface area contributed by atoms with E-state index in [0.29, 0.717) is 11.3 Å². The number of carbonyl (C=O) groups is 1. The zero-order chi connectivity index (χ0) is 15.2. The van der Waals surface area contributed by atoms with Gasteiger partial charge in [-0.15, -0.1) is 0 Å². The molecule has 112 valence electrons. The molecular formula is C13H19NO5S. The van der Waals surface area contributed by atoms with Crippen LogP contribution >= 0.6 is 0 Å². The fourth-order valence-corrected chi connectivity index (χ4v) is 2.50. The number of sulfonamides is 1. The van der Waals surface area contributed by atoms with E-state index in [1.807, 2.05) is 13.8 Å². The lowest BCUT2D eigenvalue weighted by atomic mass is 10.1. The standard InChI is InChI=1S/C13H19NO5S/c1-10(2)19-7-8-20(17,18)14-12-6-4-3-5-11(12)9-13(15)16/h3-6,10,14H,7-9H2,1-2H3,(H,15,16). The molecule has 0 saturated heterocycles. The number of anilines is 1. The molecule has 1 aromatic rings. The molecule has 0 spiro atoms. The number of nitrogens with one attached hydrogen (secondary N) is 1. The van der Waals surface area contributed by atoms with Gasteiger partial charge >= 0.3 is 5.97 Å². The average Bonchev–Trinajstić information content (AvgIpc) is 2.29. The normalized spacial score (nSPS) is 11.6. The van der Waals surface area contributed by atoms with Crippen LogP contribution in [0.4, 0.5) is 5.69 Å². The predicted molar refractivity (Wildman–Crippen MR) is 76.3 cm³/mol. The zero-order valence-corrected chi connectivity index (χ0v) is 12.3. The highest BCUT2D eigenvalue weighted by Gasteiger charge is 2.14. The summed E-state index contributed by atoms with van der Waals surface area (Å²) in [7, 11) is -3.56. The van der Waals surface area contributed by atoms with Gasteiger partial charge in [-0.05, 0) is 25.5 Å². The van der Waals surface area contributed by atoms with Crippen molar-refractivity contribution in [2.45, 2.75) is 26.4 Å². The molecule has 0 bridgehead atoms. The Kier molecular flexibility index (Phi) is 5.97. The second-order valence-electron chi connectivity index (χ2n) is 4.57. The van der Waals surface area contributed by atoms with Crippen LogP contribution in [0.2, 0.25) is 0 Å². The molecule has 0 aliphatic carbocycles. The molecule has 0 unspecified atom stereocenters. The van der Waals surface area contributed by atoms with Gasteiger partial charge in [-0.25, -0.2) is 8.42 Å². The van der Waals surface area contributed by atoms with E-state index in [1.165, 1.54) is 0 Å². The molecule has 0 atom stereocenters. The fraction of sp³-hybridized carbons (Fsp3) is 0.462. The summed E-state index contributed by atoms with van der Waals surface area (Å²) in [5.74, 6) is -1.19. The van der Waals surface area contributed by atoms with Gasteiger partial charge in [0.2, 0.25) is 10.0 Å². The lowest BCUT2D eigenvalue weighted by Gasteiger charge is -2.12. The number of benzene rings is 1. The number of aliphatic carboxylic acids is 1. The fourth-order valence-electron chi connectivity index (χ4n) is 1.55. The van der Waals surface area contributed by atoms with Crippen LogP contribution in [0.3, 0.4) is 0 Å². The first kappa shape index (κ1) is 16.5. The Hall–Kier alpha value is -1.60. The van der Waals surface area contributed by atoms with Crippen molar-refractivity contribution in [3.8, 4) is 0 Å². The monoisotopic (exact) mass is 301 g/mol. The van der Waals surface area contributed by atoms with Gasteiger partial charge in [0.05, 0.1) is 30.6 Å². The SMILES string of the molecule is CC(C)OCCS(=O)(=O)Nc1ccccc1CC(=O)O. The maximum absolute atomic E-state index is 11.9. The Bertz CT molecular complexity index is 554. The number of para-hydroxylation sites is 1. The Labute approximate surface area is 118 Å². The van der Waals surface area contributed by atoms with Crippen LogP contribution in [-0.2, 0) is 26.0 Å². The molecule has 0 aliphatic heterocycles. The molecule has 0 aliphatic rings. The molecule has 2 N–H and O–H groups in total. The van der Waals surface area contributed by atoms with E-state index in [4.69, 9.17) is 9.84 Å². The van der Waals surface area contributed by atoms with E-state index < -0.39 is 16.0 Å². The van der Waals surface area contributed by atoms with Gasteiger partial charge < -0.3 is 9.84 Å². The van der Waals surface area contributed by atoms with Crippen molar-refractivity contribution in [3.63, 3.8) is 0 Å². The Morgan fingerprint density at radius 1 is 1.35 bits per heavy atom. The third-order valence-corrected chi connectivity index (χ3v) is 3.66. The van der Waals surface area contributed by atoms with Gasteiger partial charge in [-0.1, -0.05) is 18.2 Å². The summed E-state index contributed by atoms with van der Waals surface area (Å²) >= 11 is 0. The van der Waals surface area contributed by atoms with Crippen molar-refractivity contribution in [2.75, 3.05) is 17.1 Å². The highest BCUT2D eigenvalue weighted by Crippen LogP contribution is 2.17. The minimum atomic E-state index is -3.56. The van der Waals surface area contributed by atoms with Crippen LogP contribution in [0.5, 0.6) is 0 Å². The number of rotatable bonds is 8. The first-order valence-corrected chi connectivity index (χ1v) is 7.87. The maximum Gasteiger partial charge on any atom is 0.307 e. The summed E-state index contributed by atoms with van der Waals surface area (Å²) < 4.78 is 31.4. The zero-order valence-electron chi connectivity index (χ0n) is 11.5. The Morgan fingerprint density at radius 3 is 2.60 bits per heavy atom. The molecular weight excluding hydrogens is 282 g/mol. The molecule has 0 heterocycles. The number of hydrogen-bond acceptors (Lipinski definition) is 4. The Balaban J connectivity index is 2.74. The lowest BCUT2D eigenvalue weighted by Crippen LogP contribution is -2.22. The van der Waals surface area contributed by atoms with Gasteiger partial charge in [0.15, 0.2) is 0 Å². The second kappa shape index (κ2) is 7.25. The summed E-state index contributed by atoms with van der Waals surface area (Å²) in [6.07, 6.45) is -0.272. The molecule has 0 aromatic heterocycles. The van der Waals surface area contributed by atoms with Crippen molar-refractivity contribution < 1.29 is 23.1 Å². The van der Waals surface area contributed by atoms with E-state index in [2.05, 4.69) is 4.72 Å². The number of ether oxygens (including phenoxy) is 1. The molecule has 0 radical (unpaired) electrons. The van der Waals surface area contributed by atoms with Crippen molar-refractivity contribution in [3.05, 3.63) is 29.8 Å². The van der Waals surface area contributed by atoms with Crippen molar-refractivity contribution in [1.82, 2.24) is 0 Å². The van der Waals surface area contributed by atoms with E-state index in [1.54, 1.807) is 24.3 Å². The third kappa shape index (κ3) is 6.03. The minimum absolute atomic E-state index is 0.0375. The topological polar surface area (TPSA) is 92.7 Å². The van der Waals surface area contributed by atoms with Crippen LogP contribution in [0, 0.1) is 0 Å². The van der Waals surface area contributed by atoms with Gasteiger partial charge in [-0.2, -0.15) is 0 Å². The highest BCUT2D eigenvalue weighted by molar-refractivity contribution is 7.92. The van der Waals surface area contributed by atoms with Gasteiger partial charge in [0.25, 0.3) is 0 Å². The molecule has 0 saturated carbocycles. The van der Waals surface area contributed by atoms with Gasteiger partial charge in [0, 0.05) is 0 Å². The average molecular weight is 301 g/mol. The summed E-state index contributed by atoms with van der Waals surface area (Å²) in [6, 6.07) is 6.43. The van der Waals surface area contributed by atoms with E-state index in [-0.39, 0.29) is 24.9 Å². The lowest BCUT2D eigenvalue weighted by molar-refractivity contribution is -0.136. The molecule has 6 nitrogen and oxygen atoms in total. The van der Waals surface area contributed by atoms with E-state index in [0.717, 1.165) is 0 Å². The smallest absolute Gasteiger partial charge is 0.307 e. The van der Waals surface area contributed by atoms with Crippen molar-refractivity contribution in [2.24, 2.45) is 0 Å². The molecule has 7 heteroatoms. The first-order chi connectivity index (χ1) is 9.30. The minimum Gasteiger partial charge on any atom is -0.481 e. The Morgan fingerprint density at radius 2 is 2.00 bits per heavy atom. The van der Waals surface area contributed by atoms with Gasteiger partial charge in [0.1, 0.15) is 0 Å². The summed E-state index contributed by atoms with van der Waals surface area (Å²) in [5.41, 5.74) is 0.716. The van der Waals surface area contributed by atoms with Crippen LogP contribution in [0.1, 0.15) is 19.4 Å². The largest absolute Gasteiger partial charge is 0.481 e. The van der Waals surface area contributed by atoms with Crippen LogP contribution < -0.4 is 4.72 Å². The summed E-state index contributed by atoms with van der Waals surface area (Å²) in [5, 5.41) is 8.79. The maximum atomic E-state index is 11.9. The molecule has 0 fully saturated rings. The first-order valence-electron chi connectivity index (χ1n) is 6.22. The summed E-state index contributed by atoms with van der Waals surface area (Å²) in [4.78, 5) is 10.7. The number of hydrogen-bond donors (Lipinski definition) is 2. The van der Waals surface area contributed by atoms with E-state index in [9.17, 15) is 13.2 Å². The van der Waals surface area contributed by atoms with Crippen molar-refractivity contribution in [1.29, 1.82) is 0 Å². The highest BCUT2D eigenvalue weighted by atomic mass is 32.2. The number of carboxylic acid groups (broad SMARTS) is 1. The van der Waals surface area contributed by atoms with Crippen molar-refractivity contribution >= 4 is 21.7 Å². The predicted octanol–water partition coefficient (Wildman–Crippen LogP) is 1.48. The molecule has 1 aromatic carbocycles. The molecule has 0 amide bonds. The van der Waals surface area contributed by atoms with Crippen LogP contribution in [0.15, 0.2) is 24.3 Å². The molecule has 20 heavy (non-hydrogen) atoms. The van der Waals surface area contributed by atoms with Crippen LogP contribution in [-0.4, -0.2) is 38.0 Å². The molecule has 1 rings (SSSR count). The third-order valence-electron chi connectivity index (χ3n) is 2.43. The van der Waals surface area contributed by atoms with Crippen LogP contribution in [0.25, 0.3) is 0 Å². The quantitative estimate of drug-likeness (QED) is 0.758. The van der Waals surface area contributed by atoms with Gasteiger partial charge in [-0.3, -0.25) is 9.52 Å².